The molecule has 3 nitrogen and oxygen atoms in total. The number of unbranched alkanes of at least 4 members (excludes halogenated alkanes) is 3. The number of hydrogen-bond acceptors (Lipinski definition) is 3. The molecule has 0 fully saturated rings. The van der Waals surface area contributed by atoms with Gasteiger partial charge in [0.1, 0.15) is 0 Å². The fraction of sp³-hybridized carbons (Fsp3) is 0.640. The summed E-state index contributed by atoms with van der Waals surface area (Å²) in [5, 5.41) is 0. The molecule has 1 atom stereocenters. The van der Waals surface area contributed by atoms with Gasteiger partial charge in [-0.15, -0.1) is 0 Å². The van der Waals surface area contributed by atoms with Gasteiger partial charge in [0.25, 0.3) is 0 Å². The third-order valence-electron chi connectivity index (χ3n) is 5.70. The Morgan fingerprint density at radius 3 is 1.90 bits per heavy atom. The van der Waals surface area contributed by atoms with E-state index < -0.39 is 18.4 Å². The molecule has 0 aliphatic carbocycles. The zero-order chi connectivity index (χ0) is 21.5. The van der Waals surface area contributed by atoms with Gasteiger partial charge in [-0.25, -0.2) is 0 Å². The molecule has 0 aliphatic rings. The number of benzene rings is 1. The van der Waals surface area contributed by atoms with E-state index in [4.69, 9.17) is 9.47 Å². The molecule has 0 amide bonds. The molecule has 164 valence electrons. The number of carbonyl (C=O) groups excluding carboxylic acids is 1. The number of methoxy groups -OCH3 is 1. The van der Waals surface area contributed by atoms with Crippen molar-refractivity contribution in [3.05, 3.63) is 40.0 Å². The summed E-state index contributed by atoms with van der Waals surface area (Å²) in [5.41, 5.74) is 1.03. The monoisotopic (exact) mass is 510 g/mol. The number of carbonyl (C=O) groups is 1. The van der Waals surface area contributed by atoms with E-state index in [2.05, 4.69) is 30.9 Å². The van der Waals surface area contributed by atoms with Crippen molar-refractivity contribution in [2.24, 2.45) is 0 Å². The Kier molecular flexibility index (Phi) is 13.4. The van der Waals surface area contributed by atoms with Crippen LogP contribution in [0.15, 0.2) is 34.4 Å². The van der Waals surface area contributed by atoms with E-state index in [1.807, 2.05) is 24.3 Å². The van der Waals surface area contributed by atoms with Crippen LogP contribution < -0.4 is 4.74 Å². The summed E-state index contributed by atoms with van der Waals surface area (Å²) >= 11 is -2.29. The molecule has 0 unspecified atom stereocenters. The van der Waals surface area contributed by atoms with Gasteiger partial charge in [0, 0.05) is 0 Å². The van der Waals surface area contributed by atoms with Crippen LogP contribution in [0, 0.1) is 0 Å². The topological polar surface area (TPSA) is 35.5 Å². The first-order chi connectivity index (χ1) is 14.0. The molecule has 0 spiro atoms. The average Bonchev–Trinajstić information content (AvgIpc) is 2.73. The van der Waals surface area contributed by atoms with E-state index in [0.717, 1.165) is 17.7 Å². The van der Waals surface area contributed by atoms with E-state index in [-0.39, 0.29) is 12.1 Å². The van der Waals surface area contributed by atoms with E-state index in [1.54, 1.807) is 7.11 Å². The number of hydrogen-bond donors (Lipinski definition) is 0. The van der Waals surface area contributed by atoms with E-state index in [9.17, 15) is 4.79 Å². The zero-order valence-electron chi connectivity index (χ0n) is 19.3. The van der Waals surface area contributed by atoms with Crippen molar-refractivity contribution in [2.45, 2.75) is 92.1 Å². The summed E-state index contributed by atoms with van der Waals surface area (Å²) in [5.74, 6) is 0.594. The molecule has 0 bridgehead atoms. The second-order valence-electron chi connectivity index (χ2n) is 8.18. The zero-order valence-corrected chi connectivity index (χ0v) is 22.2. The van der Waals surface area contributed by atoms with Gasteiger partial charge in [0.2, 0.25) is 0 Å². The van der Waals surface area contributed by atoms with Gasteiger partial charge in [-0.1, -0.05) is 0 Å². The predicted octanol–water partition coefficient (Wildman–Crippen LogP) is 7.63. The Morgan fingerprint density at radius 2 is 1.48 bits per heavy atom. The SMILES string of the molecule is CCC[CH2][Sn](/[CH]=C/C[C@H](OC(C)=O)c1ccc(OC)cc1)([CH2]CCC)[CH2]CCC. The van der Waals surface area contributed by atoms with Crippen molar-refractivity contribution < 1.29 is 14.3 Å². The molecular formula is C25H42O3Sn. The molecule has 1 aromatic rings. The van der Waals surface area contributed by atoms with Gasteiger partial charge in [-0.05, 0) is 0 Å². The van der Waals surface area contributed by atoms with Crippen molar-refractivity contribution in [1.29, 1.82) is 0 Å². The minimum absolute atomic E-state index is 0.220. The van der Waals surface area contributed by atoms with E-state index in [1.165, 1.54) is 58.8 Å². The van der Waals surface area contributed by atoms with Crippen LogP contribution in [-0.2, 0) is 9.53 Å². The van der Waals surface area contributed by atoms with Gasteiger partial charge in [0.15, 0.2) is 0 Å². The molecule has 0 N–H and O–H groups in total. The summed E-state index contributed by atoms with van der Waals surface area (Å²) in [6.07, 6.45) is 10.8. The molecule has 1 rings (SSSR count). The summed E-state index contributed by atoms with van der Waals surface area (Å²) in [7, 11) is 1.66. The van der Waals surface area contributed by atoms with E-state index >= 15 is 0 Å². The molecule has 0 saturated carbocycles. The van der Waals surface area contributed by atoms with Crippen LogP contribution >= 0.6 is 0 Å². The molecule has 0 saturated heterocycles. The summed E-state index contributed by atoms with van der Waals surface area (Å²) in [6, 6.07) is 7.87. The summed E-state index contributed by atoms with van der Waals surface area (Å²) < 4.78 is 18.0. The quantitative estimate of drug-likeness (QED) is 0.180. The Balaban J connectivity index is 2.99. The number of rotatable bonds is 15. The Hall–Kier alpha value is -0.971. The van der Waals surface area contributed by atoms with Crippen LogP contribution in [0.5, 0.6) is 5.75 Å². The van der Waals surface area contributed by atoms with Crippen LogP contribution in [0.1, 0.15) is 84.3 Å². The molecule has 0 heterocycles. The van der Waals surface area contributed by atoms with Gasteiger partial charge in [0.05, 0.1) is 0 Å². The Labute approximate surface area is 183 Å². The molecule has 29 heavy (non-hydrogen) atoms. The average molecular weight is 509 g/mol. The first-order valence-electron chi connectivity index (χ1n) is 11.5. The van der Waals surface area contributed by atoms with Crippen molar-refractivity contribution in [3.8, 4) is 5.75 Å². The standard InChI is InChI=1S/C13H15O3.3C4H9.Sn/c1-4-5-13(16-10(2)14)11-6-8-12(15-3)9-7-11;3*1-3-4-2;/h1,4,6-9,13H,5H2,2-3H3;3*1,3-4H2,2H3;/t13-;;;;/m0..../s1. The van der Waals surface area contributed by atoms with Crippen molar-refractivity contribution in [2.75, 3.05) is 7.11 Å². The molecule has 0 radical (unpaired) electrons. The maximum absolute atomic E-state index is 11.7. The fourth-order valence-corrected chi connectivity index (χ4v) is 18.4. The Morgan fingerprint density at radius 1 is 0.966 bits per heavy atom. The van der Waals surface area contributed by atoms with Crippen molar-refractivity contribution in [3.63, 3.8) is 0 Å². The third kappa shape index (κ3) is 10.1. The van der Waals surface area contributed by atoms with Crippen LogP contribution in [0.25, 0.3) is 0 Å². The van der Waals surface area contributed by atoms with Crippen LogP contribution in [0.2, 0.25) is 13.3 Å². The first kappa shape index (κ1) is 26.1. The van der Waals surface area contributed by atoms with Crippen LogP contribution in [0.3, 0.4) is 0 Å². The number of ether oxygens (including phenoxy) is 2. The third-order valence-corrected chi connectivity index (χ3v) is 19.9. The molecular weight excluding hydrogens is 467 g/mol. The van der Waals surface area contributed by atoms with Gasteiger partial charge >= 0.3 is 184 Å². The first-order valence-corrected chi connectivity index (χ1v) is 19.2. The van der Waals surface area contributed by atoms with Crippen LogP contribution in [-0.4, -0.2) is 31.5 Å². The summed E-state index contributed by atoms with van der Waals surface area (Å²) in [6.45, 7) is 8.41. The summed E-state index contributed by atoms with van der Waals surface area (Å²) in [4.78, 5) is 11.7. The van der Waals surface area contributed by atoms with E-state index in [0.29, 0.717) is 0 Å². The maximum atomic E-state index is 11.7. The molecule has 1 aromatic carbocycles. The van der Waals surface area contributed by atoms with Crippen molar-refractivity contribution in [1.82, 2.24) is 0 Å². The number of esters is 1. The predicted molar refractivity (Wildman–Crippen MR) is 126 cm³/mol. The van der Waals surface area contributed by atoms with Gasteiger partial charge in [-0.3, -0.25) is 0 Å². The molecule has 4 heteroatoms. The van der Waals surface area contributed by atoms with Gasteiger partial charge < -0.3 is 0 Å². The molecule has 0 aliphatic heterocycles. The minimum atomic E-state index is -2.29. The molecule has 0 aromatic heterocycles. The second-order valence-corrected chi connectivity index (χ2v) is 21.2. The second kappa shape index (κ2) is 14.9. The fourth-order valence-electron chi connectivity index (χ4n) is 3.92. The Bertz CT molecular complexity index is 573. The van der Waals surface area contributed by atoms with Crippen LogP contribution in [0.4, 0.5) is 0 Å². The normalized spacial score (nSPS) is 12.9. The van der Waals surface area contributed by atoms with Crippen molar-refractivity contribution >= 4 is 24.3 Å². The van der Waals surface area contributed by atoms with Gasteiger partial charge in [-0.2, -0.15) is 0 Å².